The third-order valence-electron chi connectivity index (χ3n) is 4.00. The molecule has 4 rings (SSSR count). The highest BCUT2D eigenvalue weighted by Crippen LogP contribution is 2.25. The fraction of sp³-hybridized carbons (Fsp3) is 0.0500. The molecule has 0 amide bonds. The quantitative estimate of drug-likeness (QED) is 0.567. The Morgan fingerprint density at radius 1 is 0.926 bits per heavy atom. The van der Waals surface area contributed by atoms with Gasteiger partial charge in [0.2, 0.25) is 5.88 Å². The van der Waals surface area contributed by atoms with E-state index in [2.05, 4.69) is 15.1 Å². The summed E-state index contributed by atoms with van der Waals surface area (Å²) in [6.07, 6.45) is 5.45. The molecule has 0 aliphatic heterocycles. The Balaban J connectivity index is 1.46. The van der Waals surface area contributed by atoms with Crippen LogP contribution < -0.4 is 16.2 Å². The molecule has 0 aliphatic carbocycles. The molecule has 0 saturated heterocycles. The number of aromatic nitrogens is 4. The number of rotatable bonds is 5. The van der Waals surface area contributed by atoms with Crippen LogP contribution in [0.1, 0.15) is 5.56 Å². The molecule has 3 heterocycles. The summed E-state index contributed by atoms with van der Waals surface area (Å²) in [5.41, 5.74) is 14.3. The van der Waals surface area contributed by atoms with Gasteiger partial charge in [-0.05, 0) is 29.8 Å². The van der Waals surface area contributed by atoms with Crippen LogP contribution in [-0.4, -0.2) is 19.7 Å². The Morgan fingerprint density at radius 2 is 1.78 bits per heavy atom. The van der Waals surface area contributed by atoms with E-state index in [0.717, 1.165) is 22.4 Å². The van der Waals surface area contributed by atoms with E-state index in [0.29, 0.717) is 24.1 Å². The first-order valence-corrected chi connectivity index (χ1v) is 8.40. The number of nitrogen functional groups attached to an aromatic ring is 2. The van der Waals surface area contributed by atoms with E-state index in [1.165, 1.54) is 0 Å². The van der Waals surface area contributed by atoms with Crippen LogP contribution in [0.4, 0.5) is 11.6 Å². The number of nitrogens with two attached hydrogens (primary N) is 2. The van der Waals surface area contributed by atoms with Gasteiger partial charge in [-0.1, -0.05) is 24.3 Å². The molecule has 27 heavy (non-hydrogen) atoms. The van der Waals surface area contributed by atoms with Gasteiger partial charge in [0.05, 0.1) is 12.7 Å². The predicted octanol–water partition coefficient (Wildman–Crippen LogP) is 3.35. The maximum atomic E-state index is 5.94. The zero-order chi connectivity index (χ0) is 18.6. The van der Waals surface area contributed by atoms with E-state index in [1.807, 2.05) is 59.4 Å². The molecular weight excluding hydrogens is 340 g/mol. The number of hydrogen-bond donors (Lipinski definition) is 2. The molecule has 0 saturated carbocycles. The van der Waals surface area contributed by atoms with E-state index in [4.69, 9.17) is 16.2 Å². The smallest absolute Gasteiger partial charge is 0.219 e. The molecule has 0 aliphatic rings. The second-order valence-electron chi connectivity index (χ2n) is 6.02. The van der Waals surface area contributed by atoms with Crippen LogP contribution in [0.25, 0.3) is 11.1 Å². The van der Waals surface area contributed by atoms with Gasteiger partial charge in [0.15, 0.2) is 0 Å². The summed E-state index contributed by atoms with van der Waals surface area (Å²) in [6, 6.07) is 16.9. The van der Waals surface area contributed by atoms with Crippen LogP contribution in [0.5, 0.6) is 11.6 Å². The summed E-state index contributed by atoms with van der Waals surface area (Å²) in [7, 11) is 0. The monoisotopic (exact) mass is 358 g/mol. The van der Waals surface area contributed by atoms with Crippen LogP contribution in [0.3, 0.4) is 0 Å². The van der Waals surface area contributed by atoms with Gasteiger partial charge in [-0.15, -0.1) is 0 Å². The molecule has 0 bridgehead atoms. The Morgan fingerprint density at radius 3 is 2.52 bits per heavy atom. The lowest BCUT2D eigenvalue weighted by molar-refractivity contribution is 0.462. The molecule has 7 nitrogen and oxygen atoms in total. The van der Waals surface area contributed by atoms with Crippen molar-refractivity contribution in [2.75, 3.05) is 11.5 Å². The second kappa shape index (κ2) is 7.17. The Bertz CT molecular complexity index is 1040. The van der Waals surface area contributed by atoms with Gasteiger partial charge in [0, 0.05) is 29.6 Å². The Hall–Kier alpha value is -3.87. The lowest BCUT2D eigenvalue weighted by Crippen LogP contribution is -2.00. The van der Waals surface area contributed by atoms with Crippen molar-refractivity contribution in [1.82, 2.24) is 19.7 Å². The lowest BCUT2D eigenvalue weighted by Gasteiger charge is -2.06. The summed E-state index contributed by atoms with van der Waals surface area (Å²) >= 11 is 0. The van der Waals surface area contributed by atoms with Crippen molar-refractivity contribution >= 4 is 11.6 Å². The summed E-state index contributed by atoms with van der Waals surface area (Å²) in [5, 5.41) is 4.38. The molecule has 4 N–H and O–H groups in total. The van der Waals surface area contributed by atoms with Crippen LogP contribution in [-0.2, 0) is 6.54 Å². The summed E-state index contributed by atoms with van der Waals surface area (Å²) in [5.74, 6) is 2.09. The van der Waals surface area contributed by atoms with E-state index in [-0.39, 0.29) is 0 Å². The normalized spacial score (nSPS) is 10.7. The van der Waals surface area contributed by atoms with Crippen molar-refractivity contribution in [2.45, 2.75) is 6.54 Å². The van der Waals surface area contributed by atoms with E-state index in [9.17, 15) is 0 Å². The highest BCUT2D eigenvalue weighted by atomic mass is 16.5. The minimum absolute atomic E-state index is 0.388. The summed E-state index contributed by atoms with van der Waals surface area (Å²) in [6.45, 7) is 0.584. The fourth-order valence-corrected chi connectivity index (χ4v) is 2.69. The molecule has 7 heteroatoms. The van der Waals surface area contributed by atoms with Crippen LogP contribution >= 0.6 is 0 Å². The topological polar surface area (TPSA) is 105 Å². The average molecular weight is 358 g/mol. The molecule has 134 valence electrons. The molecule has 1 aromatic carbocycles. The Labute approximate surface area is 156 Å². The number of para-hydroxylation sites is 1. The number of anilines is 2. The molecule has 4 aromatic rings. The maximum absolute atomic E-state index is 5.94. The Kier molecular flexibility index (Phi) is 4.40. The first kappa shape index (κ1) is 16.6. The van der Waals surface area contributed by atoms with Crippen molar-refractivity contribution < 1.29 is 4.74 Å². The average Bonchev–Trinajstić information content (AvgIpc) is 3.12. The molecule has 0 radical (unpaired) electrons. The van der Waals surface area contributed by atoms with Crippen molar-refractivity contribution in [3.63, 3.8) is 0 Å². The van der Waals surface area contributed by atoms with Gasteiger partial charge in [0.1, 0.15) is 17.4 Å². The first-order valence-electron chi connectivity index (χ1n) is 8.40. The molecule has 0 atom stereocenters. The predicted molar refractivity (Wildman–Crippen MR) is 104 cm³/mol. The zero-order valence-electron chi connectivity index (χ0n) is 14.5. The number of ether oxygens (including phenoxy) is 1. The van der Waals surface area contributed by atoms with Crippen molar-refractivity contribution in [3.05, 3.63) is 78.8 Å². The van der Waals surface area contributed by atoms with Crippen molar-refractivity contribution in [1.29, 1.82) is 0 Å². The molecule has 3 aromatic heterocycles. The number of nitrogens with zero attached hydrogens (tertiary/aromatic N) is 4. The van der Waals surface area contributed by atoms with Gasteiger partial charge in [0.25, 0.3) is 0 Å². The third-order valence-corrected chi connectivity index (χ3v) is 4.00. The number of hydrogen-bond acceptors (Lipinski definition) is 6. The summed E-state index contributed by atoms with van der Waals surface area (Å²) in [4.78, 5) is 8.43. The highest BCUT2D eigenvalue weighted by Gasteiger charge is 2.08. The largest absolute Gasteiger partial charge is 0.439 e. The molecule has 0 spiro atoms. The number of benzene rings is 1. The molecule has 0 unspecified atom stereocenters. The standard InChI is InChI=1S/C20H18N6O/c21-18-8-7-17(20(22)25-18)15-11-24-26(13-15)12-14-6-9-19(23-10-14)27-16-4-2-1-3-5-16/h1-11,13H,12H2,(H4,21,22,25). The maximum Gasteiger partial charge on any atom is 0.219 e. The van der Waals surface area contributed by atoms with Crippen molar-refractivity contribution in [3.8, 4) is 22.8 Å². The van der Waals surface area contributed by atoms with Crippen LogP contribution in [0, 0.1) is 0 Å². The van der Waals surface area contributed by atoms with Gasteiger partial charge >= 0.3 is 0 Å². The molecular formula is C20H18N6O. The third kappa shape index (κ3) is 3.87. The summed E-state index contributed by atoms with van der Waals surface area (Å²) < 4.78 is 7.52. The fourth-order valence-electron chi connectivity index (χ4n) is 2.69. The minimum Gasteiger partial charge on any atom is -0.439 e. The van der Waals surface area contributed by atoms with Gasteiger partial charge in [-0.2, -0.15) is 5.10 Å². The van der Waals surface area contributed by atoms with Crippen LogP contribution in [0.2, 0.25) is 0 Å². The highest BCUT2D eigenvalue weighted by molar-refractivity contribution is 5.73. The second-order valence-corrected chi connectivity index (χ2v) is 6.02. The number of pyridine rings is 2. The van der Waals surface area contributed by atoms with E-state index in [1.54, 1.807) is 18.5 Å². The minimum atomic E-state index is 0.388. The SMILES string of the molecule is Nc1ccc(-c2cnn(Cc3ccc(Oc4ccccc4)nc3)c2)c(N)n1. The van der Waals surface area contributed by atoms with Gasteiger partial charge < -0.3 is 16.2 Å². The van der Waals surface area contributed by atoms with Crippen molar-refractivity contribution in [2.24, 2.45) is 0 Å². The zero-order valence-corrected chi connectivity index (χ0v) is 14.5. The van der Waals surface area contributed by atoms with Crippen LogP contribution in [0.15, 0.2) is 73.2 Å². The van der Waals surface area contributed by atoms with Gasteiger partial charge in [-0.25, -0.2) is 9.97 Å². The van der Waals surface area contributed by atoms with E-state index >= 15 is 0 Å². The van der Waals surface area contributed by atoms with Gasteiger partial charge in [-0.3, -0.25) is 4.68 Å². The molecule has 0 fully saturated rings. The first-order chi connectivity index (χ1) is 13.2. The van der Waals surface area contributed by atoms with E-state index < -0.39 is 0 Å². The lowest BCUT2D eigenvalue weighted by atomic mass is 10.1.